The normalized spacial score (nSPS) is 12.5. The van der Waals surface area contributed by atoms with Gasteiger partial charge in [0, 0.05) is 27.2 Å². The fourth-order valence-corrected chi connectivity index (χ4v) is 3.11. The van der Waals surface area contributed by atoms with Crippen LogP contribution >= 0.6 is 23.2 Å². The van der Waals surface area contributed by atoms with Crippen molar-refractivity contribution in [3.8, 4) is 0 Å². The molecule has 1 atom stereocenters. The molecule has 5 heteroatoms. The van der Waals surface area contributed by atoms with E-state index in [9.17, 15) is 0 Å². The summed E-state index contributed by atoms with van der Waals surface area (Å²) < 4.78 is 0. The fraction of sp³-hybridized carbons (Fsp3) is 0.0625. The SMILES string of the molecule is NNC(c1c(Cl)cccc1Cl)c1cccc2ncccc12. The molecule has 106 valence electrons. The van der Waals surface area contributed by atoms with Crippen LogP contribution in [0.3, 0.4) is 0 Å². The van der Waals surface area contributed by atoms with Crippen LogP contribution in [0.1, 0.15) is 17.2 Å². The van der Waals surface area contributed by atoms with Crippen LogP contribution in [-0.4, -0.2) is 4.98 Å². The molecule has 0 fully saturated rings. The summed E-state index contributed by atoms with van der Waals surface area (Å²) in [6.07, 6.45) is 1.76. The molecule has 1 heterocycles. The lowest BCUT2D eigenvalue weighted by Crippen LogP contribution is -2.29. The number of hydrogen-bond donors (Lipinski definition) is 2. The molecule has 0 aliphatic heterocycles. The van der Waals surface area contributed by atoms with Crippen molar-refractivity contribution in [1.82, 2.24) is 10.4 Å². The quantitative estimate of drug-likeness (QED) is 0.565. The average molecular weight is 318 g/mol. The molecule has 0 radical (unpaired) electrons. The van der Waals surface area contributed by atoms with Gasteiger partial charge in [-0.25, -0.2) is 5.43 Å². The molecule has 21 heavy (non-hydrogen) atoms. The highest BCUT2D eigenvalue weighted by Crippen LogP contribution is 2.35. The van der Waals surface area contributed by atoms with Crippen molar-refractivity contribution >= 4 is 34.1 Å². The highest BCUT2D eigenvalue weighted by molar-refractivity contribution is 6.36. The van der Waals surface area contributed by atoms with E-state index in [0.29, 0.717) is 10.0 Å². The first kappa shape index (κ1) is 14.3. The van der Waals surface area contributed by atoms with E-state index in [0.717, 1.165) is 22.0 Å². The van der Waals surface area contributed by atoms with Crippen molar-refractivity contribution in [3.63, 3.8) is 0 Å². The number of hydrazine groups is 1. The highest BCUT2D eigenvalue weighted by Gasteiger charge is 2.20. The van der Waals surface area contributed by atoms with Crippen LogP contribution < -0.4 is 11.3 Å². The van der Waals surface area contributed by atoms with Crippen LogP contribution in [0, 0.1) is 0 Å². The standard InChI is InChI=1S/C16H13Cl2N3/c17-12-6-2-7-13(18)15(12)16(21-19)11-4-1-8-14-10(11)5-3-9-20-14/h1-9,16,21H,19H2. The van der Waals surface area contributed by atoms with Crippen molar-refractivity contribution < 1.29 is 0 Å². The van der Waals surface area contributed by atoms with Crippen LogP contribution in [0.4, 0.5) is 0 Å². The number of halogens is 2. The number of nitrogens with one attached hydrogen (secondary N) is 1. The number of rotatable bonds is 3. The Bertz CT molecular complexity index is 764. The Hall–Kier alpha value is -1.65. The smallest absolute Gasteiger partial charge is 0.0745 e. The molecule has 0 aliphatic carbocycles. The number of hydrogen-bond acceptors (Lipinski definition) is 3. The Balaban J connectivity index is 2.24. The molecule has 0 saturated heterocycles. The number of benzene rings is 2. The van der Waals surface area contributed by atoms with Crippen molar-refractivity contribution in [2.24, 2.45) is 5.84 Å². The molecule has 0 spiro atoms. The van der Waals surface area contributed by atoms with Gasteiger partial charge in [-0.3, -0.25) is 10.8 Å². The van der Waals surface area contributed by atoms with Gasteiger partial charge in [0.1, 0.15) is 0 Å². The minimum absolute atomic E-state index is 0.306. The van der Waals surface area contributed by atoms with Crippen LogP contribution in [0.25, 0.3) is 10.9 Å². The Morgan fingerprint density at radius 2 is 1.67 bits per heavy atom. The van der Waals surface area contributed by atoms with Gasteiger partial charge in [-0.05, 0) is 29.8 Å². The van der Waals surface area contributed by atoms with E-state index in [-0.39, 0.29) is 6.04 Å². The number of nitrogens with zero attached hydrogens (tertiary/aromatic N) is 1. The maximum absolute atomic E-state index is 6.31. The van der Waals surface area contributed by atoms with Gasteiger partial charge in [-0.15, -0.1) is 0 Å². The molecule has 3 rings (SSSR count). The van der Waals surface area contributed by atoms with Gasteiger partial charge in [-0.2, -0.15) is 0 Å². The molecule has 0 bridgehead atoms. The largest absolute Gasteiger partial charge is 0.271 e. The molecule has 0 aliphatic rings. The number of fused-ring (bicyclic) bond motifs is 1. The minimum Gasteiger partial charge on any atom is -0.271 e. The monoisotopic (exact) mass is 317 g/mol. The molecule has 3 N–H and O–H groups in total. The molecule has 0 saturated carbocycles. The van der Waals surface area contributed by atoms with Crippen molar-refractivity contribution in [3.05, 3.63) is 75.9 Å². The molecule has 3 nitrogen and oxygen atoms in total. The van der Waals surface area contributed by atoms with E-state index >= 15 is 0 Å². The molecule has 3 aromatic rings. The molecular formula is C16H13Cl2N3. The first-order valence-electron chi connectivity index (χ1n) is 6.46. The van der Waals surface area contributed by atoms with Crippen molar-refractivity contribution in [1.29, 1.82) is 0 Å². The summed E-state index contributed by atoms with van der Waals surface area (Å²) in [5.41, 5.74) is 5.46. The van der Waals surface area contributed by atoms with Gasteiger partial charge in [-0.1, -0.05) is 47.5 Å². The van der Waals surface area contributed by atoms with Gasteiger partial charge >= 0.3 is 0 Å². The van der Waals surface area contributed by atoms with E-state index in [1.54, 1.807) is 18.3 Å². The number of nitrogens with two attached hydrogens (primary N) is 1. The highest BCUT2D eigenvalue weighted by atomic mass is 35.5. The summed E-state index contributed by atoms with van der Waals surface area (Å²) in [6.45, 7) is 0. The Kier molecular flexibility index (Phi) is 4.08. The van der Waals surface area contributed by atoms with Crippen LogP contribution in [0.5, 0.6) is 0 Å². The summed E-state index contributed by atoms with van der Waals surface area (Å²) >= 11 is 12.6. The third-order valence-electron chi connectivity index (χ3n) is 3.45. The fourth-order valence-electron chi connectivity index (χ4n) is 2.49. The summed E-state index contributed by atoms with van der Waals surface area (Å²) in [5, 5.41) is 2.16. The predicted molar refractivity (Wildman–Crippen MR) is 87.4 cm³/mol. The molecule has 1 aromatic heterocycles. The lowest BCUT2D eigenvalue weighted by molar-refractivity contribution is 0.641. The van der Waals surface area contributed by atoms with Gasteiger partial charge in [0.2, 0.25) is 0 Å². The Labute approximate surface area is 132 Å². The Morgan fingerprint density at radius 1 is 0.952 bits per heavy atom. The lowest BCUT2D eigenvalue weighted by Gasteiger charge is -2.21. The van der Waals surface area contributed by atoms with Gasteiger partial charge < -0.3 is 0 Å². The van der Waals surface area contributed by atoms with E-state index in [1.165, 1.54) is 0 Å². The third-order valence-corrected chi connectivity index (χ3v) is 4.10. The molecular weight excluding hydrogens is 305 g/mol. The molecule has 2 aromatic carbocycles. The summed E-state index contributed by atoms with van der Waals surface area (Å²) in [6, 6.07) is 14.9. The summed E-state index contributed by atoms with van der Waals surface area (Å²) in [5.74, 6) is 5.78. The van der Waals surface area contributed by atoms with E-state index < -0.39 is 0 Å². The average Bonchev–Trinajstić information content (AvgIpc) is 2.51. The van der Waals surface area contributed by atoms with Crippen LogP contribution in [0.2, 0.25) is 10.0 Å². The first-order chi connectivity index (χ1) is 10.2. The zero-order chi connectivity index (χ0) is 14.8. The number of pyridine rings is 1. The maximum atomic E-state index is 6.31. The van der Waals surface area contributed by atoms with Crippen molar-refractivity contribution in [2.75, 3.05) is 0 Å². The number of aromatic nitrogens is 1. The van der Waals surface area contributed by atoms with E-state index in [1.807, 2.05) is 36.4 Å². The maximum Gasteiger partial charge on any atom is 0.0745 e. The molecule has 0 amide bonds. The summed E-state index contributed by atoms with van der Waals surface area (Å²) in [4.78, 5) is 4.36. The van der Waals surface area contributed by atoms with Gasteiger partial charge in [0.25, 0.3) is 0 Å². The van der Waals surface area contributed by atoms with Crippen LogP contribution in [0.15, 0.2) is 54.7 Å². The first-order valence-corrected chi connectivity index (χ1v) is 7.21. The second-order valence-electron chi connectivity index (χ2n) is 4.65. The zero-order valence-electron chi connectivity index (χ0n) is 11.1. The minimum atomic E-state index is -0.306. The van der Waals surface area contributed by atoms with Crippen molar-refractivity contribution in [2.45, 2.75) is 6.04 Å². The predicted octanol–water partition coefficient (Wildman–Crippen LogP) is 4.09. The van der Waals surface area contributed by atoms with Crippen LogP contribution in [-0.2, 0) is 0 Å². The lowest BCUT2D eigenvalue weighted by atomic mass is 9.95. The second kappa shape index (κ2) is 6.00. The second-order valence-corrected chi connectivity index (χ2v) is 5.47. The van der Waals surface area contributed by atoms with Gasteiger partial charge in [0.15, 0.2) is 0 Å². The Morgan fingerprint density at radius 3 is 2.38 bits per heavy atom. The van der Waals surface area contributed by atoms with E-state index in [2.05, 4.69) is 10.4 Å². The van der Waals surface area contributed by atoms with Gasteiger partial charge in [0.05, 0.1) is 11.6 Å². The molecule has 1 unspecified atom stereocenters. The summed E-state index contributed by atoms with van der Waals surface area (Å²) in [7, 11) is 0. The zero-order valence-corrected chi connectivity index (χ0v) is 12.6. The third kappa shape index (κ3) is 2.61. The van der Waals surface area contributed by atoms with E-state index in [4.69, 9.17) is 29.0 Å². The topological polar surface area (TPSA) is 50.9 Å².